The van der Waals surface area contributed by atoms with Gasteiger partial charge in [0, 0.05) is 13.0 Å². The first-order chi connectivity index (χ1) is 6.78. The second-order valence-electron chi connectivity index (χ2n) is 3.71. The molecule has 2 fully saturated rings. The zero-order chi connectivity index (χ0) is 10.6. The van der Waals surface area contributed by atoms with Crippen molar-refractivity contribution in [3.05, 3.63) is 0 Å². The van der Waals surface area contributed by atoms with Gasteiger partial charge in [0.05, 0.1) is 18.8 Å². The molecule has 0 bridgehead atoms. The van der Waals surface area contributed by atoms with E-state index in [-0.39, 0.29) is 5.54 Å². The molecule has 2 aliphatic heterocycles. The number of carbonyl (C=O) groups is 1. The predicted octanol–water partition coefficient (Wildman–Crippen LogP) is 1.81. The molecule has 0 aromatic heterocycles. The highest BCUT2D eigenvalue weighted by molar-refractivity contribution is 5.78. The van der Waals surface area contributed by atoms with Gasteiger partial charge in [0.1, 0.15) is 0 Å². The van der Waals surface area contributed by atoms with Crippen LogP contribution in [0.3, 0.4) is 0 Å². The highest BCUT2D eigenvalue weighted by atomic mass is 16.5. The average Bonchev–Trinajstić information content (AvgIpc) is 2.18. The Morgan fingerprint density at radius 1 is 1.43 bits per heavy atom. The number of amides is 1. The molecule has 0 aromatic rings. The van der Waals surface area contributed by atoms with Crippen molar-refractivity contribution in [2.24, 2.45) is 0 Å². The number of hydrogen-bond donors (Lipinski definition) is 0. The van der Waals surface area contributed by atoms with E-state index in [2.05, 4.69) is 0 Å². The van der Waals surface area contributed by atoms with E-state index >= 15 is 0 Å². The van der Waals surface area contributed by atoms with Gasteiger partial charge in [-0.3, -0.25) is 4.79 Å². The Morgan fingerprint density at radius 2 is 2.07 bits per heavy atom. The van der Waals surface area contributed by atoms with Crippen molar-refractivity contribution in [3.63, 3.8) is 0 Å². The summed E-state index contributed by atoms with van der Waals surface area (Å²) in [5.41, 5.74) is 0.101. The molecule has 0 aliphatic carbocycles. The summed E-state index contributed by atoms with van der Waals surface area (Å²) >= 11 is 0. The summed E-state index contributed by atoms with van der Waals surface area (Å²) < 4.78 is 5.20. The zero-order valence-electron chi connectivity index (χ0n) is 9.51. The molecule has 0 aromatic carbocycles. The van der Waals surface area contributed by atoms with Gasteiger partial charge in [0.25, 0.3) is 0 Å². The topological polar surface area (TPSA) is 29.5 Å². The van der Waals surface area contributed by atoms with Crippen LogP contribution in [0, 0.1) is 0 Å². The van der Waals surface area contributed by atoms with Crippen molar-refractivity contribution < 1.29 is 9.53 Å². The van der Waals surface area contributed by atoms with Gasteiger partial charge in [0.15, 0.2) is 0 Å². The molecule has 0 radical (unpaired) electrons. The molecule has 2 rings (SSSR count). The molecule has 3 heteroatoms. The minimum Gasteiger partial charge on any atom is -0.376 e. The summed E-state index contributed by atoms with van der Waals surface area (Å²) in [5.74, 6) is 0.312. The van der Waals surface area contributed by atoms with E-state index < -0.39 is 0 Å². The third-order valence-electron chi connectivity index (χ3n) is 2.96. The fourth-order valence-corrected chi connectivity index (χ4v) is 2.25. The smallest absolute Gasteiger partial charge is 0.223 e. The molecule has 1 amide bonds. The summed E-state index contributed by atoms with van der Waals surface area (Å²) in [7, 11) is 0. The van der Waals surface area contributed by atoms with Crippen molar-refractivity contribution in [1.29, 1.82) is 0 Å². The maximum atomic E-state index is 11.5. The highest BCUT2D eigenvalue weighted by Crippen LogP contribution is 2.34. The Balaban J connectivity index is 0.000000461. The lowest BCUT2D eigenvalue weighted by Crippen LogP contribution is -2.65. The maximum absolute atomic E-state index is 11.5. The lowest BCUT2D eigenvalue weighted by Gasteiger charge is -2.52. The van der Waals surface area contributed by atoms with Gasteiger partial charge in [-0.1, -0.05) is 13.8 Å². The molecule has 0 saturated carbocycles. The predicted molar refractivity (Wildman–Crippen MR) is 56.1 cm³/mol. The van der Waals surface area contributed by atoms with Crippen LogP contribution >= 0.6 is 0 Å². The van der Waals surface area contributed by atoms with Crippen molar-refractivity contribution in [3.8, 4) is 0 Å². The van der Waals surface area contributed by atoms with Gasteiger partial charge in [0.2, 0.25) is 5.91 Å². The summed E-state index contributed by atoms with van der Waals surface area (Å²) in [5, 5.41) is 0. The summed E-state index contributed by atoms with van der Waals surface area (Å²) in [6, 6.07) is 0. The van der Waals surface area contributed by atoms with Crippen molar-refractivity contribution in [2.45, 2.75) is 45.6 Å². The number of hydrogen-bond acceptors (Lipinski definition) is 2. The number of likely N-dealkylation sites (N-methyl/N-ethyl adjacent to an activating group) is 1. The number of nitrogens with zero attached hydrogens (tertiary/aromatic N) is 1. The van der Waals surface area contributed by atoms with Crippen LogP contribution in [-0.4, -0.2) is 36.1 Å². The van der Waals surface area contributed by atoms with Crippen LogP contribution in [0.5, 0.6) is 0 Å². The van der Waals surface area contributed by atoms with Gasteiger partial charge in [-0.05, 0) is 19.8 Å². The summed E-state index contributed by atoms with van der Waals surface area (Å²) in [6.45, 7) is 8.39. The third-order valence-corrected chi connectivity index (χ3v) is 2.96. The first-order valence-corrected chi connectivity index (χ1v) is 5.67. The van der Waals surface area contributed by atoms with E-state index in [1.165, 1.54) is 0 Å². The second-order valence-corrected chi connectivity index (χ2v) is 3.71. The molecule has 14 heavy (non-hydrogen) atoms. The molecule has 3 nitrogen and oxygen atoms in total. The molecule has 0 unspecified atom stereocenters. The Labute approximate surface area is 86.4 Å². The SMILES string of the molecule is CC.CCN1C(=O)CCCC12COC2. The van der Waals surface area contributed by atoms with Crippen molar-refractivity contribution >= 4 is 5.91 Å². The quantitative estimate of drug-likeness (QED) is 0.644. The normalized spacial score (nSPS) is 23.9. The molecular formula is C11H21NO2. The number of ether oxygens (including phenoxy) is 1. The molecule has 0 N–H and O–H groups in total. The molecule has 2 heterocycles. The lowest BCUT2D eigenvalue weighted by atomic mass is 9.84. The Kier molecular flexibility index (Phi) is 3.93. The Hall–Kier alpha value is -0.570. The molecule has 2 aliphatic rings. The highest BCUT2D eigenvalue weighted by Gasteiger charge is 2.47. The standard InChI is InChI=1S/C9H15NO2.C2H6/c1-2-10-8(11)4-3-5-9(10)6-12-7-9;1-2/h2-7H2,1H3;1-2H3. The summed E-state index contributed by atoms with van der Waals surface area (Å²) in [6.07, 6.45) is 2.90. The van der Waals surface area contributed by atoms with Crippen LogP contribution in [0.2, 0.25) is 0 Å². The number of piperidine rings is 1. The Morgan fingerprint density at radius 3 is 2.43 bits per heavy atom. The molecular weight excluding hydrogens is 178 g/mol. The molecule has 2 saturated heterocycles. The van der Waals surface area contributed by atoms with Gasteiger partial charge < -0.3 is 9.64 Å². The van der Waals surface area contributed by atoms with Crippen molar-refractivity contribution in [2.75, 3.05) is 19.8 Å². The van der Waals surface area contributed by atoms with Crippen LogP contribution in [-0.2, 0) is 9.53 Å². The fourth-order valence-electron chi connectivity index (χ4n) is 2.25. The van der Waals surface area contributed by atoms with Crippen molar-refractivity contribution in [1.82, 2.24) is 4.90 Å². The van der Waals surface area contributed by atoms with Crippen LogP contribution in [0.25, 0.3) is 0 Å². The zero-order valence-corrected chi connectivity index (χ0v) is 9.51. The second kappa shape index (κ2) is 4.78. The maximum Gasteiger partial charge on any atom is 0.223 e. The largest absolute Gasteiger partial charge is 0.376 e. The number of rotatable bonds is 1. The van der Waals surface area contributed by atoms with E-state index in [1.54, 1.807) is 0 Å². The number of likely N-dealkylation sites (tertiary alicyclic amines) is 1. The van der Waals surface area contributed by atoms with Gasteiger partial charge in [-0.15, -0.1) is 0 Å². The fraction of sp³-hybridized carbons (Fsp3) is 0.909. The van der Waals surface area contributed by atoms with Crippen LogP contribution in [0.15, 0.2) is 0 Å². The van der Waals surface area contributed by atoms with E-state index in [0.29, 0.717) is 5.91 Å². The minimum absolute atomic E-state index is 0.101. The average molecular weight is 199 g/mol. The van der Waals surface area contributed by atoms with E-state index in [0.717, 1.165) is 39.0 Å². The number of carbonyl (C=O) groups excluding carboxylic acids is 1. The van der Waals surface area contributed by atoms with E-state index in [4.69, 9.17) is 4.74 Å². The van der Waals surface area contributed by atoms with E-state index in [9.17, 15) is 4.79 Å². The Bertz CT molecular complexity index is 199. The van der Waals surface area contributed by atoms with Crippen LogP contribution in [0.1, 0.15) is 40.0 Å². The summed E-state index contributed by atoms with van der Waals surface area (Å²) in [4.78, 5) is 13.5. The van der Waals surface area contributed by atoms with Gasteiger partial charge >= 0.3 is 0 Å². The monoisotopic (exact) mass is 199 g/mol. The lowest BCUT2D eigenvalue weighted by molar-refractivity contribution is -0.176. The molecule has 82 valence electrons. The third kappa shape index (κ3) is 1.78. The molecule has 0 atom stereocenters. The first-order valence-electron chi connectivity index (χ1n) is 5.67. The van der Waals surface area contributed by atoms with Crippen LogP contribution in [0.4, 0.5) is 0 Å². The van der Waals surface area contributed by atoms with Gasteiger partial charge in [-0.25, -0.2) is 0 Å². The minimum atomic E-state index is 0.101. The first kappa shape index (κ1) is 11.5. The molecule has 1 spiro atoms. The van der Waals surface area contributed by atoms with E-state index in [1.807, 2.05) is 25.7 Å². The van der Waals surface area contributed by atoms with Gasteiger partial charge in [-0.2, -0.15) is 0 Å². The van der Waals surface area contributed by atoms with Crippen LogP contribution < -0.4 is 0 Å².